The molecule has 0 atom stereocenters. The summed E-state index contributed by atoms with van der Waals surface area (Å²) in [5.74, 6) is 0.125. The highest BCUT2D eigenvalue weighted by Crippen LogP contribution is 1.91. The molecule has 0 fully saturated rings. The van der Waals surface area contributed by atoms with Crippen LogP contribution in [0.15, 0.2) is 0 Å². The molecule has 0 aliphatic carbocycles. The van der Waals surface area contributed by atoms with Gasteiger partial charge in [0.25, 0.3) is 0 Å². The maximum absolute atomic E-state index is 10.5. The highest BCUT2D eigenvalue weighted by molar-refractivity contribution is 5.73. The molecule has 1 N–H and O–H groups in total. The van der Waals surface area contributed by atoms with Crippen LogP contribution in [0.1, 0.15) is 20.8 Å². The minimum atomic E-state index is 0.125. The first kappa shape index (κ1) is 13.1. The van der Waals surface area contributed by atoms with Crippen LogP contribution >= 0.6 is 0 Å². The molecule has 0 heterocycles. The smallest absolute Gasteiger partial charge is 0.219 e. The molecule has 0 unspecified atom stereocenters. The Morgan fingerprint density at radius 2 is 1.64 bits per heavy atom. The standard InChI is InChI=1S/C6H13NO.C2H7N/c1-5(2)7(4)6(3)8;1-3-2/h5H,1-4H3;3H,1-2H3. The summed E-state index contributed by atoms with van der Waals surface area (Å²) in [4.78, 5) is 12.2. The SMILES string of the molecule is CC(=O)N(C)C(C)C.CNC. The Morgan fingerprint density at radius 3 is 1.64 bits per heavy atom. The third-order valence-electron chi connectivity index (χ3n) is 1.27. The third-order valence-corrected chi connectivity index (χ3v) is 1.27. The molecule has 0 aliphatic heterocycles. The fraction of sp³-hybridized carbons (Fsp3) is 0.875. The van der Waals surface area contributed by atoms with E-state index < -0.39 is 0 Å². The predicted molar refractivity (Wildman–Crippen MR) is 48.6 cm³/mol. The summed E-state index contributed by atoms with van der Waals surface area (Å²) in [6.07, 6.45) is 0. The summed E-state index contributed by atoms with van der Waals surface area (Å²) in [5.41, 5.74) is 0. The van der Waals surface area contributed by atoms with Crippen molar-refractivity contribution in [1.82, 2.24) is 10.2 Å². The number of nitrogens with zero attached hydrogens (tertiary/aromatic N) is 1. The Labute approximate surface area is 69.8 Å². The molecule has 0 radical (unpaired) electrons. The first-order valence-electron chi connectivity index (χ1n) is 3.79. The second kappa shape index (κ2) is 7.54. The van der Waals surface area contributed by atoms with Gasteiger partial charge in [-0.3, -0.25) is 4.79 Å². The van der Waals surface area contributed by atoms with E-state index >= 15 is 0 Å². The maximum atomic E-state index is 10.5. The number of rotatable bonds is 1. The topological polar surface area (TPSA) is 32.3 Å². The Morgan fingerprint density at radius 1 is 1.36 bits per heavy atom. The van der Waals surface area contributed by atoms with Crippen molar-refractivity contribution in [3.63, 3.8) is 0 Å². The van der Waals surface area contributed by atoms with E-state index in [9.17, 15) is 4.79 Å². The molecule has 68 valence electrons. The summed E-state index contributed by atoms with van der Waals surface area (Å²) in [6.45, 7) is 5.54. The summed E-state index contributed by atoms with van der Waals surface area (Å²) in [5, 5.41) is 2.75. The van der Waals surface area contributed by atoms with E-state index in [2.05, 4.69) is 5.32 Å². The predicted octanol–water partition coefficient (Wildman–Crippen LogP) is 0.709. The van der Waals surface area contributed by atoms with E-state index in [0.717, 1.165) is 0 Å². The number of carbonyl (C=O) groups is 1. The molecule has 0 rings (SSSR count). The largest absolute Gasteiger partial charge is 0.344 e. The van der Waals surface area contributed by atoms with Gasteiger partial charge in [0.15, 0.2) is 0 Å². The summed E-state index contributed by atoms with van der Waals surface area (Å²) in [6, 6.07) is 0.326. The van der Waals surface area contributed by atoms with Crippen LogP contribution in [-0.2, 0) is 4.79 Å². The Kier molecular flexibility index (Phi) is 8.94. The van der Waals surface area contributed by atoms with Crippen LogP contribution in [0.5, 0.6) is 0 Å². The monoisotopic (exact) mass is 160 g/mol. The lowest BCUT2D eigenvalue weighted by molar-refractivity contribution is -0.128. The third kappa shape index (κ3) is 9.43. The second-order valence-electron chi connectivity index (χ2n) is 2.72. The van der Waals surface area contributed by atoms with Crippen molar-refractivity contribution < 1.29 is 4.79 Å². The van der Waals surface area contributed by atoms with Crippen LogP contribution < -0.4 is 5.32 Å². The quantitative estimate of drug-likeness (QED) is 0.612. The van der Waals surface area contributed by atoms with Crippen LogP contribution in [-0.4, -0.2) is 38.0 Å². The minimum absolute atomic E-state index is 0.125. The van der Waals surface area contributed by atoms with Crippen LogP contribution in [0.25, 0.3) is 0 Å². The van der Waals surface area contributed by atoms with Gasteiger partial charge in [-0.1, -0.05) is 0 Å². The van der Waals surface area contributed by atoms with E-state index in [-0.39, 0.29) is 5.91 Å². The Hall–Kier alpha value is -0.570. The van der Waals surface area contributed by atoms with Gasteiger partial charge in [0.1, 0.15) is 0 Å². The van der Waals surface area contributed by atoms with Crippen molar-refractivity contribution in [2.75, 3.05) is 21.1 Å². The van der Waals surface area contributed by atoms with E-state index in [4.69, 9.17) is 0 Å². The molecule has 0 saturated carbocycles. The first-order chi connectivity index (χ1) is 4.97. The average Bonchev–Trinajstić information content (AvgIpc) is 1.87. The average molecular weight is 160 g/mol. The number of nitrogens with one attached hydrogen (secondary N) is 1. The number of hydrogen-bond acceptors (Lipinski definition) is 2. The van der Waals surface area contributed by atoms with Crippen molar-refractivity contribution in [2.24, 2.45) is 0 Å². The van der Waals surface area contributed by atoms with Gasteiger partial charge in [-0.25, -0.2) is 0 Å². The molecule has 0 aliphatic rings. The maximum Gasteiger partial charge on any atom is 0.219 e. The number of amides is 1. The van der Waals surface area contributed by atoms with E-state index in [1.807, 2.05) is 27.9 Å². The van der Waals surface area contributed by atoms with Gasteiger partial charge in [0.05, 0.1) is 0 Å². The molecule has 0 aromatic rings. The van der Waals surface area contributed by atoms with Crippen molar-refractivity contribution in [2.45, 2.75) is 26.8 Å². The normalized spacial score (nSPS) is 8.64. The van der Waals surface area contributed by atoms with E-state index in [0.29, 0.717) is 6.04 Å². The lowest BCUT2D eigenvalue weighted by atomic mass is 10.3. The van der Waals surface area contributed by atoms with Crippen molar-refractivity contribution in [3.05, 3.63) is 0 Å². The molecular weight excluding hydrogens is 140 g/mol. The van der Waals surface area contributed by atoms with Gasteiger partial charge in [0.2, 0.25) is 5.91 Å². The number of hydrogen-bond donors (Lipinski definition) is 1. The van der Waals surface area contributed by atoms with Crippen molar-refractivity contribution >= 4 is 5.91 Å². The molecule has 0 aromatic heterocycles. The zero-order valence-corrected chi connectivity index (χ0v) is 8.43. The molecule has 0 bridgehead atoms. The molecule has 0 aromatic carbocycles. The molecule has 11 heavy (non-hydrogen) atoms. The zero-order valence-electron chi connectivity index (χ0n) is 8.43. The van der Waals surface area contributed by atoms with E-state index in [1.54, 1.807) is 18.9 Å². The van der Waals surface area contributed by atoms with Gasteiger partial charge in [-0.05, 0) is 27.9 Å². The molecular formula is C8H20N2O. The van der Waals surface area contributed by atoms with Gasteiger partial charge in [-0.15, -0.1) is 0 Å². The molecule has 3 nitrogen and oxygen atoms in total. The lowest BCUT2D eigenvalue weighted by Gasteiger charge is -2.18. The van der Waals surface area contributed by atoms with Crippen molar-refractivity contribution in [3.8, 4) is 0 Å². The van der Waals surface area contributed by atoms with Crippen LogP contribution in [0.3, 0.4) is 0 Å². The summed E-state index contributed by atoms with van der Waals surface area (Å²) >= 11 is 0. The van der Waals surface area contributed by atoms with Crippen LogP contribution in [0.2, 0.25) is 0 Å². The molecule has 0 saturated heterocycles. The van der Waals surface area contributed by atoms with Crippen molar-refractivity contribution in [1.29, 1.82) is 0 Å². The minimum Gasteiger partial charge on any atom is -0.344 e. The lowest BCUT2D eigenvalue weighted by Crippen LogP contribution is -2.30. The second-order valence-corrected chi connectivity index (χ2v) is 2.72. The van der Waals surface area contributed by atoms with Crippen LogP contribution in [0, 0.1) is 0 Å². The summed E-state index contributed by atoms with van der Waals surface area (Å²) in [7, 11) is 5.55. The van der Waals surface area contributed by atoms with E-state index in [1.165, 1.54) is 0 Å². The van der Waals surface area contributed by atoms with Gasteiger partial charge in [0, 0.05) is 20.0 Å². The highest BCUT2D eigenvalue weighted by atomic mass is 16.2. The zero-order chi connectivity index (χ0) is 9.44. The van der Waals surface area contributed by atoms with Gasteiger partial charge in [-0.2, -0.15) is 0 Å². The van der Waals surface area contributed by atoms with Crippen LogP contribution in [0.4, 0.5) is 0 Å². The Balaban J connectivity index is 0. The fourth-order valence-electron chi connectivity index (χ4n) is 0.364. The molecule has 0 spiro atoms. The molecule has 3 heteroatoms. The fourth-order valence-corrected chi connectivity index (χ4v) is 0.364. The molecule has 1 amide bonds. The number of carbonyl (C=O) groups excluding carboxylic acids is 1. The first-order valence-corrected chi connectivity index (χ1v) is 3.79. The van der Waals surface area contributed by atoms with Gasteiger partial charge < -0.3 is 10.2 Å². The summed E-state index contributed by atoms with van der Waals surface area (Å²) < 4.78 is 0. The van der Waals surface area contributed by atoms with Gasteiger partial charge >= 0.3 is 0 Å². The highest BCUT2D eigenvalue weighted by Gasteiger charge is 2.03. The Bertz CT molecular complexity index is 102.